The number of hydrogen-bond acceptors (Lipinski definition) is 7. The molecule has 0 N–H and O–H groups in total. The fraction of sp³-hybridized carbons (Fsp3) is 0.200. The second-order valence-electron chi connectivity index (χ2n) is 8.62. The maximum Gasteiger partial charge on any atom is 0.295 e. The van der Waals surface area contributed by atoms with Gasteiger partial charge in [-0.25, -0.2) is 8.42 Å². The number of anilines is 1. The van der Waals surface area contributed by atoms with Gasteiger partial charge in [0.25, 0.3) is 11.2 Å². The third kappa shape index (κ3) is 4.63. The highest BCUT2D eigenvalue weighted by Crippen LogP contribution is 2.29. The van der Waals surface area contributed by atoms with Crippen LogP contribution in [-0.4, -0.2) is 53.6 Å². The minimum Gasteiger partial charge on any atom is -0.369 e. The molecule has 0 bridgehead atoms. The molecular weight excluding hydrogens is 562 g/mol. The van der Waals surface area contributed by atoms with Gasteiger partial charge in [0.1, 0.15) is 5.69 Å². The second kappa shape index (κ2) is 9.69. The zero-order valence-electron chi connectivity index (χ0n) is 19.7. The molecule has 1 fully saturated rings. The minimum absolute atomic E-state index is 0.0614. The van der Waals surface area contributed by atoms with Crippen molar-refractivity contribution in [3.8, 4) is 5.69 Å². The largest absolute Gasteiger partial charge is 0.369 e. The zero-order valence-corrected chi connectivity index (χ0v) is 22.1. The van der Waals surface area contributed by atoms with E-state index in [-0.39, 0.29) is 29.4 Å². The summed E-state index contributed by atoms with van der Waals surface area (Å²) in [6.07, 6.45) is 0. The molecule has 5 rings (SSSR count). The van der Waals surface area contributed by atoms with E-state index in [9.17, 15) is 23.3 Å². The molecule has 4 aromatic rings. The molecule has 3 aromatic carbocycles. The average molecular weight is 584 g/mol. The fourth-order valence-electron chi connectivity index (χ4n) is 4.49. The van der Waals surface area contributed by atoms with Crippen LogP contribution < -0.4 is 10.5 Å². The highest BCUT2D eigenvalue weighted by molar-refractivity contribution is 9.10. The first-order valence-electron chi connectivity index (χ1n) is 11.4. The molecule has 0 atom stereocenters. The van der Waals surface area contributed by atoms with Gasteiger partial charge in [0, 0.05) is 47.8 Å². The van der Waals surface area contributed by atoms with Crippen LogP contribution in [0.1, 0.15) is 5.69 Å². The molecule has 1 saturated heterocycles. The van der Waals surface area contributed by atoms with Crippen molar-refractivity contribution in [3.63, 3.8) is 0 Å². The molecule has 0 radical (unpaired) electrons. The summed E-state index contributed by atoms with van der Waals surface area (Å²) in [5.41, 5.74) is 0.574. The number of benzene rings is 3. The first-order valence-corrected chi connectivity index (χ1v) is 13.7. The van der Waals surface area contributed by atoms with Gasteiger partial charge >= 0.3 is 0 Å². The molecule has 0 unspecified atom stereocenters. The monoisotopic (exact) mass is 583 g/mol. The number of sulfonamides is 1. The van der Waals surface area contributed by atoms with E-state index in [0.717, 1.165) is 9.15 Å². The van der Waals surface area contributed by atoms with E-state index in [1.165, 1.54) is 10.4 Å². The van der Waals surface area contributed by atoms with Gasteiger partial charge in [0.2, 0.25) is 10.0 Å². The maximum atomic E-state index is 13.2. The van der Waals surface area contributed by atoms with Crippen LogP contribution in [0, 0.1) is 17.0 Å². The van der Waals surface area contributed by atoms with E-state index in [0.29, 0.717) is 35.2 Å². The summed E-state index contributed by atoms with van der Waals surface area (Å²) >= 11 is 3.32. The van der Waals surface area contributed by atoms with E-state index in [1.54, 1.807) is 67.6 Å². The van der Waals surface area contributed by atoms with Gasteiger partial charge < -0.3 is 4.90 Å². The third-order valence-corrected chi connectivity index (χ3v) is 8.87. The lowest BCUT2D eigenvalue weighted by molar-refractivity contribution is -0.384. The summed E-state index contributed by atoms with van der Waals surface area (Å²) in [7, 11) is -3.64. The number of fused-ring (bicyclic) bond motifs is 1. The Bertz CT molecular complexity index is 1680. The molecule has 10 nitrogen and oxygen atoms in total. The third-order valence-electron chi connectivity index (χ3n) is 6.43. The van der Waals surface area contributed by atoms with Gasteiger partial charge in [0.05, 0.1) is 20.9 Å². The summed E-state index contributed by atoms with van der Waals surface area (Å²) < 4.78 is 29.4. The Hall–Kier alpha value is -3.61. The maximum absolute atomic E-state index is 13.2. The number of rotatable bonds is 5. The molecule has 2 heterocycles. The first-order chi connectivity index (χ1) is 17.7. The second-order valence-corrected chi connectivity index (χ2v) is 11.5. The number of halogens is 1. The van der Waals surface area contributed by atoms with Crippen LogP contribution in [0.25, 0.3) is 16.5 Å². The Kier molecular flexibility index (Phi) is 6.56. The van der Waals surface area contributed by atoms with Crippen molar-refractivity contribution >= 4 is 48.1 Å². The summed E-state index contributed by atoms with van der Waals surface area (Å²) in [4.78, 5) is 26.7. The number of nitrogens with zero attached hydrogens (tertiary/aromatic N) is 5. The molecule has 190 valence electrons. The van der Waals surface area contributed by atoms with Gasteiger partial charge in [-0.05, 0) is 49.4 Å². The predicted octanol–water partition coefficient (Wildman–Crippen LogP) is 3.88. The predicted molar refractivity (Wildman–Crippen MR) is 144 cm³/mol. The molecule has 0 aliphatic carbocycles. The number of hydrogen-bond donors (Lipinski definition) is 0. The smallest absolute Gasteiger partial charge is 0.295 e. The zero-order chi connectivity index (χ0) is 26.3. The number of nitro benzene ring substituents is 1. The Morgan fingerprint density at radius 3 is 2.24 bits per heavy atom. The summed E-state index contributed by atoms with van der Waals surface area (Å²) in [6, 6.07) is 18.0. The van der Waals surface area contributed by atoms with Gasteiger partial charge in [-0.15, -0.1) is 0 Å². The number of piperazine rings is 1. The van der Waals surface area contributed by atoms with Crippen molar-refractivity contribution in [2.45, 2.75) is 11.8 Å². The lowest BCUT2D eigenvalue weighted by Gasteiger charge is -2.35. The summed E-state index contributed by atoms with van der Waals surface area (Å²) in [5.74, 6) is 0. The molecule has 1 aliphatic rings. The van der Waals surface area contributed by atoms with Crippen molar-refractivity contribution in [2.75, 3.05) is 31.1 Å². The quantitative estimate of drug-likeness (QED) is 0.258. The van der Waals surface area contributed by atoms with Crippen LogP contribution in [0.5, 0.6) is 0 Å². The van der Waals surface area contributed by atoms with Crippen molar-refractivity contribution < 1.29 is 13.3 Å². The lowest BCUT2D eigenvalue weighted by Crippen LogP contribution is -2.48. The summed E-state index contributed by atoms with van der Waals surface area (Å²) in [5, 5.41) is 17.3. The van der Waals surface area contributed by atoms with Crippen LogP contribution in [0.15, 0.2) is 80.9 Å². The number of aryl methyl sites for hydroxylation is 1. The normalized spacial score (nSPS) is 14.7. The SMILES string of the molecule is Cc1nn(-c2cc(N3CCN(S(=O)(=O)c4ccc(Br)cc4)CC3)ccc2[N+](=O)[O-])c(=O)c2ccccc12. The van der Waals surface area contributed by atoms with Gasteiger partial charge in [-0.3, -0.25) is 14.9 Å². The first kappa shape index (κ1) is 25.1. The van der Waals surface area contributed by atoms with Crippen molar-refractivity contribution in [2.24, 2.45) is 0 Å². The van der Waals surface area contributed by atoms with E-state index >= 15 is 0 Å². The fourth-order valence-corrected chi connectivity index (χ4v) is 6.17. The molecular formula is C25H22BrN5O5S. The van der Waals surface area contributed by atoms with Crippen LogP contribution in [0.4, 0.5) is 11.4 Å². The lowest BCUT2D eigenvalue weighted by atomic mass is 10.1. The number of aromatic nitrogens is 2. The Labute approximate surface area is 221 Å². The summed E-state index contributed by atoms with van der Waals surface area (Å²) in [6.45, 7) is 3.01. The molecule has 0 spiro atoms. The van der Waals surface area contributed by atoms with Crippen LogP contribution >= 0.6 is 15.9 Å². The highest BCUT2D eigenvalue weighted by Gasteiger charge is 2.29. The Morgan fingerprint density at radius 1 is 0.946 bits per heavy atom. The Balaban J connectivity index is 1.47. The van der Waals surface area contributed by atoms with Crippen LogP contribution in [0.2, 0.25) is 0 Å². The van der Waals surface area contributed by atoms with E-state index < -0.39 is 20.5 Å². The molecule has 0 saturated carbocycles. The molecule has 1 aliphatic heterocycles. The standard InChI is InChI=1S/C25H22BrN5O5S/c1-17-21-4-2-3-5-22(21)25(32)30(27-17)24-16-19(8-11-23(24)31(33)34)28-12-14-29(15-13-28)37(35,36)20-9-6-18(26)7-10-20/h2-11,16H,12-15H2,1H3. The van der Waals surface area contributed by atoms with Gasteiger partial charge in [-0.1, -0.05) is 34.1 Å². The van der Waals surface area contributed by atoms with Crippen LogP contribution in [-0.2, 0) is 10.0 Å². The minimum atomic E-state index is -3.64. The number of nitro groups is 1. The van der Waals surface area contributed by atoms with Crippen molar-refractivity contribution in [1.82, 2.24) is 14.1 Å². The molecule has 1 aromatic heterocycles. The van der Waals surface area contributed by atoms with Crippen molar-refractivity contribution in [3.05, 3.63) is 97.4 Å². The Morgan fingerprint density at radius 2 is 1.59 bits per heavy atom. The molecule has 12 heteroatoms. The van der Waals surface area contributed by atoms with E-state index in [1.807, 2.05) is 4.90 Å². The topological polar surface area (TPSA) is 119 Å². The molecule has 37 heavy (non-hydrogen) atoms. The average Bonchev–Trinajstić information content (AvgIpc) is 2.90. The molecule has 0 amide bonds. The van der Waals surface area contributed by atoms with Gasteiger partial charge in [-0.2, -0.15) is 14.1 Å². The highest BCUT2D eigenvalue weighted by atomic mass is 79.9. The van der Waals surface area contributed by atoms with Crippen LogP contribution in [0.3, 0.4) is 0 Å². The van der Waals surface area contributed by atoms with E-state index in [2.05, 4.69) is 21.0 Å². The van der Waals surface area contributed by atoms with E-state index in [4.69, 9.17) is 0 Å². The van der Waals surface area contributed by atoms with Gasteiger partial charge in [0.15, 0.2) is 0 Å². The van der Waals surface area contributed by atoms with Crippen molar-refractivity contribution in [1.29, 1.82) is 0 Å².